The Morgan fingerprint density at radius 3 is 2.03 bits per heavy atom. The molecule has 170 valence electrons. The summed E-state index contributed by atoms with van der Waals surface area (Å²) in [5.41, 5.74) is -0.678. The van der Waals surface area contributed by atoms with E-state index in [1.807, 2.05) is 0 Å². The predicted molar refractivity (Wildman–Crippen MR) is 117 cm³/mol. The van der Waals surface area contributed by atoms with Crippen molar-refractivity contribution in [3.8, 4) is 11.5 Å². The third-order valence-corrected chi connectivity index (χ3v) is 5.15. The average molecular weight is 441 g/mol. The number of esters is 1. The highest BCUT2D eigenvalue weighted by molar-refractivity contribution is 5.91. The first kappa shape index (κ1) is 24.6. The largest absolute Gasteiger partial charge is 0.497 e. The van der Waals surface area contributed by atoms with Crippen LogP contribution in [0.5, 0.6) is 11.5 Å². The molecule has 32 heavy (non-hydrogen) atoms. The van der Waals surface area contributed by atoms with Crippen LogP contribution in [0.4, 0.5) is 0 Å². The molecule has 0 saturated heterocycles. The van der Waals surface area contributed by atoms with Crippen molar-refractivity contribution in [2.24, 2.45) is 0 Å². The molecule has 2 aromatic carbocycles. The summed E-state index contributed by atoms with van der Waals surface area (Å²) in [7, 11) is 1.54. The zero-order valence-electron chi connectivity index (χ0n) is 18.5. The van der Waals surface area contributed by atoms with Crippen molar-refractivity contribution in [3.63, 3.8) is 0 Å². The number of ether oxygens (including phenoxy) is 2. The van der Waals surface area contributed by atoms with Crippen molar-refractivity contribution in [3.05, 3.63) is 59.7 Å². The Morgan fingerprint density at radius 1 is 0.969 bits per heavy atom. The summed E-state index contributed by atoms with van der Waals surface area (Å²) >= 11 is 0. The zero-order valence-corrected chi connectivity index (χ0v) is 18.5. The Kier molecular flexibility index (Phi) is 8.12. The maximum atomic E-state index is 12.8. The van der Waals surface area contributed by atoms with E-state index in [-0.39, 0.29) is 24.4 Å². The van der Waals surface area contributed by atoms with Crippen molar-refractivity contribution >= 4 is 23.6 Å². The van der Waals surface area contributed by atoms with E-state index in [1.54, 1.807) is 38.3 Å². The molecule has 2 N–H and O–H groups in total. The van der Waals surface area contributed by atoms with Crippen LogP contribution in [-0.2, 0) is 24.7 Å². The molecule has 0 heterocycles. The second-order valence-corrected chi connectivity index (χ2v) is 7.61. The Hall–Kier alpha value is -3.68. The quantitative estimate of drug-likeness (QED) is 0.429. The summed E-state index contributed by atoms with van der Waals surface area (Å²) in [6, 6.07) is 12.8. The summed E-state index contributed by atoms with van der Waals surface area (Å²) in [4.78, 5) is 47.6. The molecule has 1 amide bonds. The van der Waals surface area contributed by atoms with Crippen LogP contribution in [0.15, 0.2) is 48.5 Å². The molecule has 2 unspecified atom stereocenters. The van der Waals surface area contributed by atoms with Crippen LogP contribution in [-0.4, -0.2) is 35.8 Å². The van der Waals surface area contributed by atoms with E-state index < -0.39 is 29.3 Å². The number of ketones is 1. The Morgan fingerprint density at radius 2 is 1.53 bits per heavy atom. The molecule has 0 bridgehead atoms. The number of benzene rings is 2. The van der Waals surface area contributed by atoms with Gasteiger partial charge in [0.15, 0.2) is 5.54 Å². The van der Waals surface area contributed by atoms with Crippen molar-refractivity contribution in [2.75, 3.05) is 7.11 Å². The van der Waals surface area contributed by atoms with Gasteiger partial charge in [0, 0.05) is 6.42 Å². The number of carboxylic acid groups (broad SMARTS) is 1. The minimum Gasteiger partial charge on any atom is -0.497 e. The monoisotopic (exact) mass is 441 g/mol. The number of amides is 1. The summed E-state index contributed by atoms with van der Waals surface area (Å²) in [5, 5.41) is 12.5. The normalized spacial score (nSPS) is 13.4. The van der Waals surface area contributed by atoms with Gasteiger partial charge in [-0.05, 0) is 56.2 Å². The van der Waals surface area contributed by atoms with Crippen molar-refractivity contribution in [1.82, 2.24) is 5.32 Å². The fourth-order valence-electron chi connectivity index (χ4n) is 2.96. The van der Waals surface area contributed by atoms with Crippen LogP contribution in [0.25, 0.3) is 0 Å². The number of rotatable bonds is 10. The number of carbonyl (C=O) groups is 4. The van der Waals surface area contributed by atoms with Gasteiger partial charge in [0.25, 0.3) is 0 Å². The highest BCUT2D eigenvalue weighted by Crippen LogP contribution is 2.26. The molecule has 0 saturated carbocycles. The third-order valence-electron chi connectivity index (χ3n) is 5.15. The van der Waals surface area contributed by atoms with Gasteiger partial charge in [-0.1, -0.05) is 24.3 Å². The van der Waals surface area contributed by atoms with E-state index in [4.69, 9.17) is 9.47 Å². The molecule has 2 rings (SSSR count). The van der Waals surface area contributed by atoms with Gasteiger partial charge in [-0.15, -0.1) is 0 Å². The molecule has 8 nitrogen and oxygen atoms in total. The lowest BCUT2D eigenvalue weighted by Crippen LogP contribution is -2.50. The summed E-state index contributed by atoms with van der Waals surface area (Å²) in [6.45, 7) is 4.46. The topological polar surface area (TPSA) is 119 Å². The maximum Gasteiger partial charge on any atom is 0.333 e. The number of Topliss-reactive ketones (excluding diaryl/α,β-unsaturated/α-hetero) is 1. The maximum absolute atomic E-state index is 12.8. The second-order valence-electron chi connectivity index (χ2n) is 7.61. The lowest BCUT2D eigenvalue weighted by atomic mass is 9.90. The van der Waals surface area contributed by atoms with Crippen LogP contribution in [0, 0.1) is 0 Å². The highest BCUT2D eigenvalue weighted by atomic mass is 16.5. The van der Waals surface area contributed by atoms with Gasteiger partial charge in [0.1, 0.15) is 17.3 Å². The molecule has 0 aliphatic rings. The van der Waals surface area contributed by atoms with E-state index >= 15 is 0 Å². The smallest absolute Gasteiger partial charge is 0.333 e. The van der Waals surface area contributed by atoms with Crippen LogP contribution in [0.1, 0.15) is 50.7 Å². The number of carbonyl (C=O) groups excluding carboxylic acids is 3. The van der Waals surface area contributed by atoms with Gasteiger partial charge in [0.2, 0.25) is 5.91 Å². The SMILES string of the molecule is COc1ccc(C(C)C(=O)NC(C)(C(=O)O)c2ccc(OC(=O)CCC(C)=O)cc2)cc1. The number of hydrogen-bond donors (Lipinski definition) is 2. The van der Waals surface area contributed by atoms with E-state index in [0.29, 0.717) is 16.9 Å². The fourth-order valence-corrected chi connectivity index (χ4v) is 2.96. The van der Waals surface area contributed by atoms with Crippen molar-refractivity contribution in [2.45, 2.75) is 45.1 Å². The van der Waals surface area contributed by atoms with Crippen molar-refractivity contribution in [1.29, 1.82) is 0 Å². The van der Waals surface area contributed by atoms with Gasteiger partial charge in [0.05, 0.1) is 19.4 Å². The standard InChI is InChI=1S/C24H27NO7/c1-15(26)5-14-21(27)32-20-12-8-18(9-13-20)24(3,23(29)30)25-22(28)16(2)17-6-10-19(31-4)11-7-17/h6-13,16H,5,14H2,1-4H3,(H,25,28)(H,29,30). The second kappa shape index (κ2) is 10.6. The van der Waals surface area contributed by atoms with Crippen LogP contribution in [0.3, 0.4) is 0 Å². The average Bonchev–Trinajstić information content (AvgIpc) is 2.77. The number of hydrogen-bond acceptors (Lipinski definition) is 6. The van der Waals surface area contributed by atoms with E-state index in [0.717, 1.165) is 0 Å². The Bertz CT molecular complexity index is 982. The fraction of sp³-hybridized carbons (Fsp3) is 0.333. The zero-order chi connectivity index (χ0) is 23.9. The lowest BCUT2D eigenvalue weighted by molar-refractivity contribution is -0.147. The Balaban J connectivity index is 2.14. The van der Waals surface area contributed by atoms with Crippen molar-refractivity contribution < 1.29 is 33.8 Å². The molecule has 0 aliphatic heterocycles. The first-order valence-electron chi connectivity index (χ1n) is 10.1. The molecule has 0 aromatic heterocycles. The molecule has 0 radical (unpaired) electrons. The summed E-state index contributed by atoms with van der Waals surface area (Å²) < 4.78 is 10.3. The lowest BCUT2D eigenvalue weighted by Gasteiger charge is -2.28. The van der Waals surface area contributed by atoms with Crippen LogP contribution >= 0.6 is 0 Å². The summed E-state index contributed by atoms with van der Waals surface area (Å²) in [6.07, 6.45) is 0.0512. The molecular formula is C24H27NO7. The van der Waals surface area contributed by atoms with E-state index in [2.05, 4.69) is 5.32 Å². The number of methoxy groups -OCH3 is 1. The van der Waals surface area contributed by atoms with Gasteiger partial charge in [-0.25, -0.2) is 4.79 Å². The molecule has 2 aromatic rings. The predicted octanol–water partition coefficient (Wildman–Crippen LogP) is 3.19. The highest BCUT2D eigenvalue weighted by Gasteiger charge is 2.38. The number of aliphatic carboxylic acids is 1. The van der Waals surface area contributed by atoms with Gasteiger partial charge >= 0.3 is 11.9 Å². The first-order chi connectivity index (χ1) is 15.1. The summed E-state index contributed by atoms with van der Waals surface area (Å²) in [5.74, 6) is -2.10. The minimum atomic E-state index is -1.70. The van der Waals surface area contributed by atoms with Gasteiger partial charge < -0.3 is 24.7 Å². The third kappa shape index (κ3) is 6.16. The van der Waals surface area contributed by atoms with Crippen LogP contribution in [0.2, 0.25) is 0 Å². The molecule has 0 fully saturated rings. The molecular weight excluding hydrogens is 414 g/mol. The number of nitrogens with one attached hydrogen (secondary N) is 1. The van der Waals surface area contributed by atoms with Gasteiger partial charge in [-0.2, -0.15) is 0 Å². The van der Waals surface area contributed by atoms with E-state index in [9.17, 15) is 24.3 Å². The molecule has 0 aliphatic carbocycles. The number of carboxylic acids is 1. The van der Waals surface area contributed by atoms with Crippen LogP contribution < -0.4 is 14.8 Å². The minimum absolute atomic E-state index is 0.0385. The Labute approximate surface area is 186 Å². The first-order valence-corrected chi connectivity index (χ1v) is 10.1. The van der Waals surface area contributed by atoms with Gasteiger partial charge in [-0.3, -0.25) is 9.59 Å². The molecule has 0 spiro atoms. The molecule has 2 atom stereocenters. The molecule has 8 heteroatoms. The van der Waals surface area contributed by atoms with E-state index in [1.165, 1.54) is 38.1 Å².